The predicted molar refractivity (Wildman–Crippen MR) is 72.1 cm³/mol. The van der Waals surface area contributed by atoms with Gasteiger partial charge in [0.15, 0.2) is 0 Å². The molecule has 0 aliphatic rings. The van der Waals surface area contributed by atoms with Crippen molar-refractivity contribution in [1.82, 2.24) is 0 Å². The van der Waals surface area contributed by atoms with Crippen molar-refractivity contribution in [3.05, 3.63) is 24.8 Å². The lowest BCUT2D eigenvalue weighted by molar-refractivity contribution is 0.317. The molecule has 0 amide bonds. The molecule has 0 bridgehead atoms. The van der Waals surface area contributed by atoms with Gasteiger partial charge in [0.2, 0.25) is 0 Å². The third-order valence-corrected chi connectivity index (χ3v) is 3.35. The highest BCUT2D eigenvalue weighted by atomic mass is 127. The molecule has 0 atom stereocenters. The van der Waals surface area contributed by atoms with Crippen LogP contribution < -0.4 is 0 Å². The molecule has 0 fully saturated rings. The van der Waals surface area contributed by atoms with Gasteiger partial charge in [-0.05, 0) is 69.8 Å². The van der Waals surface area contributed by atoms with E-state index < -0.39 is 0 Å². The third-order valence-electron chi connectivity index (χ3n) is 1.71. The number of hydrogen-bond acceptors (Lipinski definition) is 3. The largest absolute Gasteiger partial charge is 0.506 e. The normalized spacial score (nSPS) is 11.8. The lowest BCUT2D eigenvalue weighted by Crippen LogP contribution is -1.98. The van der Waals surface area contributed by atoms with Crippen molar-refractivity contribution in [3.8, 4) is 5.75 Å². The van der Waals surface area contributed by atoms with Crippen LogP contribution >= 0.6 is 45.2 Å². The first-order valence-electron chi connectivity index (χ1n) is 3.89. The highest BCUT2D eigenvalue weighted by molar-refractivity contribution is 14.1. The van der Waals surface area contributed by atoms with Gasteiger partial charge >= 0.3 is 0 Å². The standard InChI is InChI=1S/C9H9I2NO2/c1-5(12-14)2-6-3-7(10)9(13)8(11)4-6/h3-4,13-14H,2H2,1H3/b12-5-. The van der Waals surface area contributed by atoms with Crippen LogP contribution in [0.2, 0.25) is 0 Å². The summed E-state index contributed by atoms with van der Waals surface area (Å²) >= 11 is 4.15. The van der Waals surface area contributed by atoms with Crippen LogP contribution in [0.15, 0.2) is 17.3 Å². The van der Waals surface area contributed by atoms with E-state index in [-0.39, 0.29) is 0 Å². The van der Waals surface area contributed by atoms with Gasteiger partial charge in [0, 0.05) is 6.42 Å². The fourth-order valence-electron chi connectivity index (χ4n) is 1.05. The average Bonchev–Trinajstić information content (AvgIpc) is 2.14. The molecular formula is C9H9I2NO2. The second-order valence-electron chi connectivity index (χ2n) is 2.92. The maximum Gasteiger partial charge on any atom is 0.142 e. The van der Waals surface area contributed by atoms with Gasteiger partial charge in [0.05, 0.1) is 12.9 Å². The molecule has 0 spiro atoms. The molecule has 1 aromatic carbocycles. The van der Waals surface area contributed by atoms with E-state index in [0.717, 1.165) is 12.7 Å². The molecule has 76 valence electrons. The quantitative estimate of drug-likeness (QED) is 0.337. The molecule has 1 rings (SSSR count). The SMILES string of the molecule is C/C(Cc1cc(I)c(O)c(I)c1)=N/O. The minimum Gasteiger partial charge on any atom is -0.506 e. The first-order valence-corrected chi connectivity index (χ1v) is 6.04. The Morgan fingerprint density at radius 1 is 1.36 bits per heavy atom. The van der Waals surface area contributed by atoms with E-state index >= 15 is 0 Å². The monoisotopic (exact) mass is 417 g/mol. The Labute approximate surface area is 109 Å². The highest BCUT2D eigenvalue weighted by Gasteiger charge is 2.06. The summed E-state index contributed by atoms with van der Waals surface area (Å²) in [5.74, 6) is 0.313. The summed E-state index contributed by atoms with van der Waals surface area (Å²) < 4.78 is 1.63. The molecule has 0 saturated carbocycles. The third kappa shape index (κ3) is 2.97. The number of benzene rings is 1. The zero-order valence-electron chi connectivity index (χ0n) is 7.46. The summed E-state index contributed by atoms with van der Waals surface area (Å²) in [4.78, 5) is 0. The van der Waals surface area contributed by atoms with Crippen molar-refractivity contribution in [2.75, 3.05) is 0 Å². The van der Waals surface area contributed by atoms with Crippen molar-refractivity contribution < 1.29 is 10.3 Å². The van der Waals surface area contributed by atoms with Crippen molar-refractivity contribution in [2.24, 2.45) is 5.16 Å². The molecule has 0 aliphatic carbocycles. The van der Waals surface area contributed by atoms with Crippen molar-refractivity contribution in [1.29, 1.82) is 0 Å². The number of nitrogens with zero attached hydrogens (tertiary/aromatic N) is 1. The minimum atomic E-state index is 0.313. The van der Waals surface area contributed by atoms with E-state index in [1.807, 2.05) is 12.1 Å². The first kappa shape index (κ1) is 12.0. The van der Waals surface area contributed by atoms with E-state index in [9.17, 15) is 5.11 Å². The van der Waals surface area contributed by atoms with Gasteiger partial charge in [0.25, 0.3) is 0 Å². The Bertz CT molecular complexity index is 354. The summed E-state index contributed by atoms with van der Waals surface area (Å²) in [6.07, 6.45) is 0.600. The van der Waals surface area contributed by atoms with Crippen molar-refractivity contribution in [2.45, 2.75) is 13.3 Å². The maximum atomic E-state index is 9.53. The molecule has 5 heteroatoms. The number of phenolic OH excluding ortho intramolecular Hbond substituents is 1. The molecule has 0 radical (unpaired) electrons. The number of phenols is 1. The molecule has 0 saturated heterocycles. The van der Waals surface area contributed by atoms with Crippen molar-refractivity contribution in [3.63, 3.8) is 0 Å². The Hall–Kier alpha value is -0.0500. The number of aromatic hydroxyl groups is 1. The van der Waals surface area contributed by atoms with Crippen LogP contribution in [0.5, 0.6) is 5.75 Å². The number of oxime groups is 1. The van der Waals surface area contributed by atoms with Gasteiger partial charge in [-0.3, -0.25) is 0 Å². The number of hydrogen-bond donors (Lipinski definition) is 2. The van der Waals surface area contributed by atoms with Crippen LogP contribution in [0.25, 0.3) is 0 Å². The predicted octanol–water partition coefficient (Wildman–Crippen LogP) is 2.99. The molecule has 0 aliphatic heterocycles. The second kappa shape index (κ2) is 5.15. The Morgan fingerprint density at radius 2 is 1.86 bits per heavy atom. The fraction of sp³-hybridized carbons (Fsp3) is 0.222. The maximum absolute atomic E-state index is 9.53. The number of halogens is 2. The Kier molecular flexibility index (Phi) is 4.42. The Morgan fingerprint density at radius 3 is 2.29 bits per heavy atom. The summed E-state index contributed by atoms with van der Waals surface area (Å²) in [6, 6.07) is 3.76. The van der Waals surface area contributed by atoms with Crippen LogP contribution in [0.1, 0.15) is 12.5 Å². The zero-order valence-corrected chi connectivity index (χ0v) is 11.8. The van der Waals surface area contributed by atoms with Crippen LogP contribution in [-0.4, -0.2) is 16.0 Å². The highest BCUT2D eigenvalue weighted by Crippen LogP contribution is 2.27. The zero-order chi connectivity index (χ0) is 10.7. The molecule has 1 aromatic rings. The van der Waals surface area contributed by atoms with Gasteiger partial charge in [-0.2, -0.15) is 0 Å². The minimum absolute atomic E-state index is 0.313. The van der Waals surface area contributed by atoms with E-state index in [0.29, 0.717) is 17.9 Å². The lowest BCUT2D eigenvalue weighted by atomic mass is 10.1. The molecule has 0 heterocycles. The van der Waals surface area contributed by atoms with Crippen LogP contribution in [0.3, 0.4) is 0 Å². The lowest BCUT2D eigenvalue weighted by Gasteiger charge is -2.05. The van der Waals surface area contributed by atoms with Gasteiger partial charge in [-0.25, -0.2) is 0 Å². The molecule has 14 heavy (non-hydrogen) atoms. The Balaban J connectivity index is 3.01. The number of rotatable bonds is 2. The summed E-state index contributed by atoms with van der Waals surface area (Å²) in [5, 5.41) is 21.2. The summed E-state index contributed by atoms with van der Waals surface area (Å²) in [5.41, 5.74) is 1.69. The van der Waals surface area contributed by atoms with E-state index in [2.05, 4.69) is 50.3 Å². The van der Waals surface area contributed by atoms with E-state index in [1.54, 1.807) is 6.92 Å². The first-order chi connectivity index (χ1) is 6.54. The topological polar surface area (TPSA) is 52.8 Å². The molecule has 2 N–H and O–H groups in total. The summed E-state index contributed by atoms with van der Waals surface area (Å²) in [7, 11) is 0. The molecular weight excluding hydrogens is 408 g/mol. The molecule has 0 aromatic heterocycles. The molecule has 3 nitrogen and oxygen atoms in total. The average molecular weight is 417 g/mol. The van der Waals surface area contributed by atoms with Crippen LogP contribution in [-0.2, 0) is 6.42 Å². The summed E-state index contributed by atoms with van der Waals surface area (Å²) in [6.45, 7) is 1.76. The molecule has 0 unspecified atom stereocenters. The fourth-order valence-corrected chi connectivity index (χ4v) is 2.95. The van der Waals surface area contributed by atoms with Crippen molar-refractivity contribution >= 4 is 50.9 Å². The van der Waals surface area contributed by atoms with E-state index in [1.165, 1.54) is 0 Å². The smallest absolute Gasteiger partial charge is 0.142 e. The van der Waals surface area contributed by atoms with Gasteiger partial charge in [-0.15, -0.1) is 0 Å². The second-order valence-corrected chi connectivity index (χ2v) is 5.24. The van der Waals surface area contributed by atoms with Gasteiger partial charge in [0.1, 0.15) is 5.75 Å². The van der Waals surface area contributed by atoms with E-state index in [4.69, 9.17) is 5.21 Å². The van der Waals surface area contributed by atoms with Gasteiger partial charge < -0.3 is 10.3 Å². The van der Waals surface area contributed by atoms with Gasteiger partial charge in [-0.1, -0.05) is 5.16 Å². The van der Waals surface area contributed by atoms with Crippen LogP contribution in [0.4, 0.5) is 0 Å². The van der Waals surface area contributed by atoms with Crippen LogP contribution in [0, 0.1) is 7.14 Å².